The second-order valence-electron chi connectivity index (χ2n) is 5.79. The van der Waals surface area contributed by atoms with Crippen molar-refractivity contribution < 1.29 is 14.3 Å². The number of carbonyl (C=O) groups excluding carboxylic acids is 2. The molecular weight excluding hydrogens is 428 g/mol. The zero-order chi connectivity index (χ0) is 19.4. The predicted molar refractivity (Wildman–Crippen MR) is 110 cm³/mol. The van der Waals surface area contributed by atoms with Crippen molar-refractivity contribution in [2.75, 3.05) is 11.9 Å². The van der Waals surface area contributed by atoms with E-state index >= 15 is 0 Å². The van der Waals surface area contributed by atoms with E-state index in [0.29, 0.717) is 20.6 Å². The van der Waals surface area contributed by atoms with Crippen molar-refractivity contribution in [3.05, 3.63) is 69.3 Å². The topological polar surface area (TPSA) is 68.3 Å². The smallest absolute Gasteiger partial charge is 0.341 e. The molecule has 0 aliphatic heterocycles. The van der Waals surface area contributed by atoms with E-state index in [1.165, 1.54) is 17.5 Å². The number of hydrogen-bond acceptors (Lipinski definition) is 5. The summed E-state index contributed by atoms with van der Waals surface area (Å²) in [6.45, 7) is 4.01. The van der Waals surface area contributed by atoms with Crippen LogP contribution in [0.5, 0.6) is 0 Å². The van der Waals surface area contributed by atoms with Crippen LogP contribution in [0.4, 0.5) is 5.00 Å². The number of nitrogens with one attached hydrogen (secondary N) is 1. The van der Waals surface area contributed by atoms with Gasteiger partial charge in [-0.1, -0.05) is 29.8 Å². The molecule has 5 nitrogen and oxygen atoms in total. The van der Waals surface area contributed by atoms with Crippen LogP contribution in [0.1, 0.15) is 33.2 Å². The molecule has 2 heterocycles. The number of ether oxygens (including phenoxy) is 1. The third-order valence-electron chi connectivity index (χ3n) is 3.83. The van der Waals surface area contributed by atoms with Crippen molar-refractivity contribution in [2.24, 2.45) is 0 Å². The number of carbonyl (C=O) groups is 2. The number of hydrogen-bond donors (Lipinski definition) is 1. The van der Waals surface area contributed by atoms with Crippen LogP contribution in [0.15, 0.2) is 52.6 Å². The molecule has 0 saturated carbocycles. The number of aryl methyl sites for hydroxylation is 1. The maximum absolute atomic E-state index is 12.6. The van der Waals surface area contributed by atoms with Crippen LogP contribution in [0, 0.1) is 6.92 Å². The van der Waals surface area contributed by atoms with Gasteiger partial charge in [0.15, 0.2) is 0 Å². The summed E-state index contributed by atoms with van der Waals surface area (Å²) >= 11 is 4.59. The number of anilines is 1. The van der Waals surface area contributed by atoms with Gasteiger partial charge in [-0.3, -0.25) is 9.78 Å². The van der Waals surface area contributed by atoms with Gasteiger partial charge >= 0.3 is 5.97 Å². The van der Waals surface area contributed by atoms with E-state index in [9.17, 15) is 9.59 Å². The number of aromatic nitrogens is 1. The van der Waals surface area contributed by atoms with Gasteiger partial charge < -0.3 is 10.1 Å². The van der Waals surface area contributed by atoms with Crippen LogP contribution >= 0.6 is 27.3 Å². The number of rotatable bonds is 5. The van der Waals surface area contributed by atoms with Crippen LogP contribution in [-0.4, -0.2) is 23.5 Å². The first kappa shape index (κ1) is 19.3. The molecule has 1 N–H and O–H groups in total. The van der Waals surface area contributed by atoms with Gasteiger partial charge in [0.25, 0.3) is 5.91 Å². The predicted octanol–water partition coefficient (Wildman–Crippen LogP) is 5.31. The van der Waals surface area contributed by atoms with Gasteiger partial charge in [-0.2, -0.15) is 0 Å². The first-order valence-electron chi connectivity index (χ1n) is 8.27. The minimum Gasteiger partial charge on any atom is -0.462 e. The number of amides is 1. The van der Waals surface area contributed by atoms with E-state index in [1.54, 1.807) is 19.2 Å². The molecule has 3 rings (SSSR count). The van der Waals surface area contributed by atoms with Crippen LogP contribution in [0.25, 0.3) is 11.1 Å². The molecule has 0 saturated heterocycles. The minimum atomic E-state index is -0.461. The third-order valence-corrected chi connectivity index (χ3v) is 5.16. The normalized spacial score (nSPS) is 10.5. The summed E-state index contributed by atoms with van der Waals surface area (Å²) in [7, 11) is 0. The Kier molecular flexibility index (Phi) is 6.03. The maximum Gasteiger partial charge on any atom is 0.341 e. The molecule has 1 aromatic carbocycles. The molecule has 0 spiro atoms. The van der Waals surface area contributed by atoms with E-state index in [0.717, 1.165) is 16.7 Å². The monoisotopic (exact) mass is 444 g/mol. The van der Waals surface area contributed by atoms with Crippen LogP contribution < -0.4 is 5.32 Å². The van der Waals surface area contributed by atoms with Crippen molar-refractivity contribution in [1.29, 1.82) is 0 Å². The van der Waals surface area contributed by atoms with E-state index in [1.807, 2.05) is 36.6 Å². The summed E-state index contributed by atoms with van der Waals surface area (Å²) in [4.78, 5) is 29.1. The van der Waals surface area contributed by atoms with Crippen LogP contribution in [0.2, 0.25) is 0 Å². The molecule has 0 aliphatic carbocycles. The largest absolute Gasteiger partial charge is 0.462 e. The number of nitrogens with zero attached hydrogens (tertiary/aromatic N) is 1. The summed E-state index contributed by atoms with van der Waals surface area (Å²) in [6.07, 6.45) is 3.07. The fourth-order valence-corrected chi connectivity index (χ4v) is 3.83. The Labute approximate surface area is 169 Å². The molecule has 2 aromatic heterocycles. The highest BCUT2D eigenvalue weighted by Gasteiger charge is 2.23. The van der Waals surface area contributed by atoms with Gasteiger partial charge in [0.05, 0.1) is 12.2 Å². The highest BCUT2D eigenvalue weighted by Crippen LogP contribution is 2.36. The van der Waals surface area contributed by atoms with Gasteiger partial charge in [-0.15, -0.1) is 11.3 Å². The fraction of sp³-hybridized carbons (Fsp3) is 0.150. The van der Waals surface area contributed by atoms with Crippen molar-refractivity contribution in [1.82, 2.24) is 4.98 Å². The molecule has 0 bridgehead atoms. The lowest BCUT2D eigenvalue weighted by molar-refractivity contribution is 0.0529. The average Bonchev–Trinajstić information content (AvgIpc) is 3.06. The van der Waals surface area contributed by atoms with Crippen molar-refractivity contribution in [3.8, 4) is 11.1 Å². The first-order chi connectivity index (χ1) is 13.0. The molecule has 0 unspecified atom stereocenters. The number of pyridine rings is 1. The van der Waals surface area contributed by atoms with Crippen LogP contribution in [-0.2, 0) is 4.74 Å². The molecule has 0 aliphatic rings. The van der Waals surface area contributed by atoms with E-state index in [2.05, 4.69) is 26.2 Å². The second-order valence-corrected chi connectivity index (χ2v) is 7.58. The van der Waals surface area contributed by atoms with Gasteiger partial charge in [-0.25, -0.2) is 4.79 Å². The number of benzene rings is 1. The fourth-order valence-electron chi connectivity index (χ4n) is 2.51. The Morgan fingerprint density at radius 1 is 1.22 bits per heavy atom. The average molecular weight is 445 g/mol. The van der Waals surface area contributed by atoms with Crippen LogP contribution in [0.3, 0.4) is 0 Å². The minimum absolute atomic E-state index is 0.255. The van der Waals surface area contributed by atoms with Gasteiger partial charge in [-0.05, 0) is 41.4 Å². The molecule has 138 valence electrons. The van der Waals surface area contributed by atoms with Crippen molar-refractivity contribution in [3.63, 3.8) is 0 Å². The maximum atomic E-state index is 12.6. The highest BCUT2D eigenvalue weighted by atomic mass is 79.9. The Bertz CT molecular complexity index is 983. The summed E-state index contributed by atoms with van der Waals surface area (Å²) in [5.74, 6) is -0.802. The molecule has 27 heavy (non-hydrogen) atoms. The number of esters is 1. The molecule has 0 fully saturated rings. The molecule has 3 aromatic rings. The zero-order valence-corrected chi connectivity index (χ0v) is 17.2. The molecule has 0 radical (unpaired) electrons. The SMILES string of the molecule is CCOC(=O)c1c(-c2ccc(C)cc2)csc1NC(=O)c1cncc(Br)c1. The number of halogens is 1. The van der Waals surface area contributed by atoms with Gasteiger partial charge in [0.2, 0.25) is 0 Å². The van der Waals surface area contributed by atoms with Crippen molar-refractivity contribution in [2.45, 2.75) is 13.8 Å². The lowest BCUT2D eigenvalue weighted by atomic mass is 10.0. The Morgan fingerprint density at radius 2 is 1.96 bits per heavy atom. The molecule has 7 heteroatoms. The molecular formula is C20H17BrN2O3S. The quantitative estimate of drug-likeness (QED) is 0.541. The first-order valence-corrected chi connectivity index (χ1v) is 9.94. The second kappa shape index (κ2) is 8.45. The summed E-state index contributed by atoms with van der Waals surface area (Å²) in [5.41, 5.74) is 3.51. The van der Waals surface area contributed by atoms with Crippen molar-refractivity contribution >= 4 is 44.1 Å². The highest BCUT2D eigenvalue weighted by molar-refractivity contribution is 9.10. The molecule has 1 amide bonds. The lowest BCUT2D eigenvalue weighted by Crippen LogP contribution is -2.15. The van der Waals surface area contributed by atoms with E-state index in [-0.39, 0.29) is 12.5 Å². The Morgan fingerprint density at radius 3 is 2.63 bits per heavy atom. The third kappa shape index (κ3) is 4.43. The van der Waals surface area contributed by atoms with Gasteiger partial charge in [0.1, 0.15) is 10.6 Å². The number of thiophene rings is 1. The Hall–Kier alpha value is -2.51. The lowest BCUT2D eigenvalue weighted by Gasteiger charge is -2.09. The summed E-state index contributed by atoms with van der Waals surface area (Å²) in [6, 6.07) is 9.52. The standard InChI is InChI=1S/C20H17BrN2O3S/c1-3-26-20(25)17-16(13-6-4-12(2)5-7-13)11-27-19(17)23-18(24)14-8-15(21)10-22-9-14/h4-11H,3H2,1-2H3,(H,23,24). The molecule has 0 atom stereocenters. The zero-order valence-electron chi connectivity index (χ0n) is 14.8. The Balaban J connectivity index is 1.98. The van der Waals surface area contributed by atoms with Gasteiger partial charge in [0, 0.05) is 27.8 Å². The van der Waals surface area contributed by atoms with E-state index < -0.39 is 5.97 Å². The summed E-state index contributed by atoms with van der Waals surface area (Å²) in [5, 5.41) is 5.12. The summed E-state index contributed by atoms with van der Waals surface area (Å²) < 4.78 is 5.92. The van der Waals surface area contributed by atoms with E-state index in [4.69, 9.17) is 4.74 Å².